The van der Waals surface area contributed by atoms with Crippen LogP contribution in [-0.4, -0.2) is 58.4 Å². The Morgan fingerprint density at radius 3 is 2.77 bits per heavy atom. The second kappa shape index (κ2) is 7.10. The minimum atomic E-state index is -3.59. The normalized spacial score (nSPS) is 35.9. The zero-order valence-corrected chi connectivity index (χ0v) is 19.2. The maximum Gasteiger partial charge on any atom is 0.264 e. The average Bonchev–Trinajstić information content (AvgIpc) is 3.11. The third kappa shape index (κ3) is 2.73. The fourth-order valence-electron chi connectivity index (χ4n) is 7.25. The van der Waals surface area contributed by atoms with E-state index < -0.39 is 20.9 Å². The Morgan fingerprint density at radius 1 is 1.26 bits per heavy atom. The molecule has 0 radical (unpaired) electrons. The van der Waals surface area contributed by atoms with Crippen molar-refractivity contribution in [1.29, 1.82) is 0 Å². The summed E-state index contributed by atoms with van der Waals surface area (Å²) in [5, 5.41) is 0. The summed E-state index contributed by atoms with van der Waals surface area (Å²) in [6.07, 6.45) is 5.09. The molecule has 0 aromatic heterocycles. The molecule has 4 fully saturated rings. The van der Waals surface area contributed by atoms with Crippen LogP contribution in [0.5, 0.6) is 11.5 Å². The largest absolute Gasteiger partial charge is 0.493 e. The number of rotatable bonds is 6. The van der Waals surface area contributed by atoms with Gasteiger partial charge in [0.05, 0.1) is 30.8 Å². The highest BCUT2D eigenvalue weighted by Gasteiger charge is 2.76. The molecule has 3 aliphatic carbocycles. The van der Waals surface area contributed by atoms with Gasteiger partial charge in [-0.3, -0.25) is 8.98 Å². The summed E-state index contributed by atoms with van der Waals surface area (Å²) in [5.74, 6) is 1.70. The first-order valence-electron chi connectivity index (χ1n) is 11.3. The van der Waals surface area contributed by atoms with Crippen LogP contribution in [0.4, 0.5) is 0 Å². The van der Waals surface area contributed by atoms with Gasteiger partial charge in [0, 0.05) is 18.7 Å². The zero-order valence-electron chi connectivity index (χ0n) is 18.4. The minimum absolute atomic E-state index is 0.0504. The number of likely N-dealkylation sites (tertiary alicyclic amines) is 1. The second-order valence-electron chi connectivity index (χ2n) is 9.58. The van der Waals surface area contributed by atoms with Crippen molar-refractivity contribution in [2.75, 3.05) is 33.1 Å². The predicted octanol–water partition coefficient (Wildman–Crippen LogP) is 2.73. The molecule has 31 heavy (non-hydrogen) atoms. The third-order valence-corrected chi connectivity index (χ3v) is 8.81. The smallest absolute Gasteiger partial charge is 0.264 e. The van der Waals surface area contributed by atoms with E-state index in [1.54, 1.807) is 7.11 Å². The van der Waals surface area contributed by atoms with Gasteiger partial charge < -0.3 is 14.4 Å². The van der Waals surface area contributed by atoms with Gasteiger partial charge in [-0.25, -0.2) is 0 Å². The van der Waals surface area contributed by atoms with Crippen LogP contribution < -0.4 is 9.47 Å². The number of hydrogen-bond donors (Lipinski definition) is 0. The van der Waals surface area contributed by atoms with Gasteiger partial charge in [0.15, 0.2) is 11.5 Å². The molecule has 1 saturated heterocycles. The van der Waals surface area contributed by atoms with Crippen LogP contribution in [0.3, 0.4) is 0 Å². The fraction of sp³-hybridized carbons (Fsp3) is 0.696. The fourth-order valence-corrected chi connectivity index (χ4v) is 7.67. The van der Waals surface area contributed by atoms with Crippen LogP contribution >= 0.6 is 0 Å². The molecule has 1 aromatic rings. The maximum atomic E-state index is 14.2. The van der Waals surface area contributed by atoms with Gasteiger partial charge in [0.1, 0.15) is 6.10 Å². The van der Waals surface area contributed by atoms with Crippen LogP contribution in [0.25, 0.3) is 0 Å². The maximum absolute atomic E-state index is 14.2. The molecule has 1 aromatic carbocycles. The monoisotopic (exact) mass is 449 g/mol. The Hall–Kier alpha value is -1.80. The summed E-state index contributed by atoms with van der Waals surface area (Å²) in [6.45, 7) is 3.54. The Balaban J connectivity index is 1.69. The van der Waals surface area contributed by atoms with E-state index in [1.807, 2.05) is 17.0 Å². The van der Waals surface area contributed by atoms with Gasteiger partial charge in [-0.1, -0.05) is 19.1 Å². The zero-order chi connectivity index (χ0) is 22.0. The van der Waals surface area contributed by atoms with Crippen molar-refractivity contribution in [3.63, 3.8) is 0 Å². The Kier molecular flexibility index (Phi) is 4.83. The van der Waals surface area contributed by atoms with Gasteiger partial charge in [-0.2, -0.15) is 8.42 Å². The van der Waals surface area contributed by atoms with Crippen molar-refractivity contribution < 1.29 is 26.9 Å². The molecular formula is C23H31NO6S. The predicted molar refractivity (Wildman–Crippen MR) is 115 cm³/mol. The SMILES string of the molecule is CCCN1CCC23c4cccc(OC)c4OC2C2CCC3(C1=O)C(COS(C)(=O)=O)C2. The quantitative estimate of drug-likeness (QED) is 0.621. The highest BCUT2D eigenvalue weighted by Crippen LogP contribution is 2.72. The van der Waals surface area contributed by atoms with E-state index in [4.69, 9.17) is 13.7 Å². The van der Waals surface area contributed by atoms with E-state index in [1.165, 1.54) is 0 Å². The van der Waals surface area contributed by atoms with Gasteiger partial charge in [0.2, 0.25) is 5.91 Å². The number of ether oxygens (including phenoxy) is 2. The lowest BCUT2D eigenvalue weighted by atomic mass is 9.39. The summed E-state index contributed by atoms with van der Waals surface area (Å²) in [6, 6.07) is 5.95. The number of methoxy groups -OCH3 is 1. The molecule has 5 atom stereocenters. The van der Waals surface area contributed by atoms with E-state index in [0.717, 1.165) is 56.2 Å². The Labute approximate surface area is 184 Å². The standard InChI is InChI=1S/C23H31NO6S/c1-4-11-24-12-10-23-17-6-5-7-18(28-2)19(17)30-20(23)15-8-9-22(23,21(24)25)16(13-15)14-29-31(3,26)27/h5-7,15-16,20H,4,8-14H2,1-3H3. The molecule has 170 valence electrons. The number of hydrogen-bond acceptors (Lipinski definition) is 6. The summed E-state index contributed by atoms with van der Waals surface area (Å²) in [4.78, 5) is 16.2. The molecule has 2 spiro atoms. The van der Waals surface area contributed by atoms with Crippen LogP contribution in [0, 0.1) is 17.3 Å². The second-order valence-corrected chi connectivity index (χ2v) is 11.2. The highest BCUT2D eigenvalue weighted by molar-refractivity contribution is 7.85. The van der Waals surface area contributed by atoms with Crippen molar-refractivity contribution in [2.45, 2.75) is 50.5 Å². The number of piperidine rings is 1. The molecular weight excluding hydrogens is 418 g/mol. The molecule has 8 heteroatoms. The number of benzene rings is 1. The molecule has 5 aliphatic rings. The van der Waals surface area contributed by atoms with E-state index >= 15 is 0 Å². The highest BCUT2D eigenvalue weighted by atomic mass is 32.2. The van der Waals surface area contributed by atoms with E-state index in [2.05, 4.69) is 13.0 Å². The third-order valence-electron chi connectivity index (χ3n) is 8.25. The topological polar surface area (TPSA) is 82.1 Å². The molecule has 7 nitrogen and oxygen atoms in total. The number of carbonyl (C=O) groups excluding carboxylic acids is 1. The molecule has 1 amide bonds. The number of amides is 1. The van der Waals surface area contributed by atoms with Crippen molar-refractivity contribution in [1.82, 2.24) is 4.90 Å². The van der Waals surface area contributed by atoms with Gasteiger partial charge >= 0.3 is 0 Å². The first-order valence-corrected chi connectivity index (χ1v) is 13.1. The van der Waals surface area contributed by atoms with Crippen molar-refractivity contribution in [2.24, 2.45) is 17.3 Å². The summed E-state index contributed by atoms with van der Waals surface area (Å²) >= 11 is 0. The first-order chi connectivity index (χ1) is 14.8. The van der Waals surface area contributed by atoms with Crippen molar-refractivity contribution in [3.05, 3.63) is 23.8 Å². The van der Waals surface area contributed by atoms with Crippen molar-refractivity contribution in [3.8, 4) is 11.5 Å². The van der Waals surface area contributed by atoms with Crippen LogP contribution in [0.15, 0.2) is 18.2 Å². The Bertz CT molecular complexity index is 1010. The molecule has 2 bridgehead atoms. The number of carbonyl (C=O) groups is 1. The van der Waals surface area contributed by atoms with E-state index in [-0.39, 0.29) is 30.5 Å². The molecule has 0 N–H and O–H groups in total. The molecule has 3 saturated carbocycles. The molecule has 5 unspecified atom stereocenters. The lowest BCUT2D eigenvalue weighted by molar-refractivity contribution is -0.198. The van der Waals surface area contributed by atoms with Crippen molar-refractivity contribution >= 4 is 16.0 Å². The number of fused-ring (bicyclic) bond motifs is 3. The minimum Gasteiger partial charge on any atom is -0.493 e. The first kappa shape index (κ1) is 21.1. The lowest BCUT2D eigenvalue weighted by Gasteiger charge is -2.66. The van der Waals surface area contributed by atoms with Gasteiger partial charge in [0.25, 0.3) is 10.1 Å². The summed E-state index contributed by atoms with van der Waals surface area (Å²) < 4.78 is 41.2. The van der Waals surface area contributed by atoms with Gasteiger partial charge in [-0.15, -0.1) is 0 Å². The van der Waals surface area contributed by atoms with E-state index in [9.17, 15) is 13.2 Å². The Morgan fingerprint density at radius 2 is 2.06 bits per heavy atom. The van der Waals surface area contributed by atoms with Gasteiger partial charge in [-0.05, 0) is 50.0 Å². The van der Waals surface area contributed by atoms with Crippen LogP contribution in [0.1, 0.15) is 44.6 Å². The number of nitrogens with zero attached hydrogens (tertiary/aromatic N) is 1. The average molecular weight is 450 g/mol. The lowest BCUT2D eigenvalue weighted by Crippen LogP contribution is -2.74. The summed E-state index contributed by atoms with van der Waals surface area (Å²) in [7, 11) is -1.95. The van der Waals surface area contributed by atoms with Crippen LogP contribution in [0.2, 0.25) is 0 Å². The molecule has 2 heterocycles. The number of para-hydroxylation sites is 1. The summed E-state index contributed by atoms with van der Waals surface area (Å²) in [5.41, 5.74) is -0.136. The van der Waals surface area contributed by atoms with Crippen LogP contribution in [-0.2, 0) is 24.5 Å². The molecule has 6 rings (SSSR count). The molecule has 2 aliphatic heterocycles. The van der Waals surface area contributed by atoms with E-state index in [0.29, 0.717) is 12.3 Å².